The average molecular weight is 321 g/mol. The van der Waals surface area contributed by atoms with Crippen molar-refractivity contribution < 1.29 is 4.74 Å². The first-order chi connectivity index (χ1) is 11.8. The highest BCUT2D eigenvalue weighted by Gasteiger charge is 2.22. The van der Waals surface area contributed by atoms with Crippen LogP contribution in [0.3, 0.4) is 0 Å². The molecule has 0 spiro atoms. The molecule has 4 nitrogen and oxygen atoms in total. The van der Waals surface area contributed by atoms with Crippen molar-refractivity contribution in [3.8, 4) is 5.75 Å². The van der Waals surface area contributed by atoms with Gasteiger partial charge in [0.05, 0.1) is 7.11 Å². The molecule has 0 radical (unpaired) electrons. The summed E-state index contributed by atoms with van der Waals surface area (Å²) in [6, 6.07) is 14.8. The predicted molar refractivity (Wildman–Crippen MR) is 96.3 cm³/mol. The van der Waals surface area contributed by atoms with Crippen LogP contribution in [-0.2, 0) is 6.54 Å². The summed E-state index contributed by atoms with van der Waals surface area (Å²) < 4.78 is 5.24. The van der Waals surface area contributed by atoms with Crippen LogP contribution in [0.4, 0.5) is 0 Å². The van der Waals surface area contributed by atoms with E-state index in [4.69, 9.17) is 4.74 Å². The number of hydrogen-bond donors (Lipinski definition) is 1. The van der Waals surface area contributed by atoms with E-state index in [0.29, 0.717) is 5.92 Å². The lowest BCUT2D eigenvalue weighted by molar-refractivity contribution is 0.199. The number of likely N-dealkylation sites (tertiary alicyclic amines) is 1. The fourth-order valence-corrected chi connectivity index (χ4v) is 3.64. The van der Waals surface area contributed by atoms with Gasteiger partial charge in [-0.05, 0) is 55.3 Å². The fourth-order valence-electron chi connectivity index (χ4n) is 3.64. The SMILES string of the molecule is COc1ccc(CN2CCC[C@@H](c3cc4cccnc4[nH]3)C2)cc1. The fraction of sp³-hybridized carbons (Fsp3) is 0.350. The minimum Gasteiger partial charge on any atom is -0.497 e. The third-order valence-electron chi connectivity index (χ3n) is 4.92. The first-order valence-corrected chi connectivity index (χ1v) is 8.61. The van der Waals surface area contributed by atoms with E-state index in [0.717, 1.165) is 24.5 Å². The smallest absolute Gasteiger partial charge is 0.137 e. The van der Waals surface area contributed by atoms with Crippen LogP contribution in [0.25, 0.3) is 11.0 Å². The molecule has 1 atom stereocenters. The predicted octanol–water partition coefficient (Wildman–Crippen LogP) is 3.95. The number of H-pyrrole nitrogens is 1. The molecule has 1 N–H and O–H groups in total. The number of benzene rings is 1. The maximum Gasteiger partial charge on any atom is 0.137 e. The highest BCUT2D eigenvalue weighted by molar-refractivity contribution is 5.76. The summed E-state index contributed by atoms with van der Waals surface area (Å²) in [6.07, 6.45) is 4.33. The molecule has 4 rings (SSSR count). The zero-order chi connectivity index (χ0) is 16.4. The van der Waals surface area contributed by atoms with Crippen LogP contribution >= 0.6 is 0 Å². The number of hydrogen-bond acceptors (Lipinski definition) is 3. The van der Waals surface area contributed by atoms with Gasteiger partial charge in [-0.25, -0.2) is 4.98 Å². The Morgan fingerprint density at radius 2 is 2.12 bits per heavy atom. The van der Waals surface area contributed by atoms with E-state index in [-0.39, 0.29) is 0 Å². The minimum atomic E-state index is 0.561. The molecule has 3 aromatic rings. The van der Waals surface area contributed by atoms with Gasteiger partial charge in [0.1, 0.15) is 11.4 Å². The summed E-state index contributed by atoms with van der Waals surface area (Å²) in [5.74, 6) is 1.48. The average Bonchev–Trinajstić information content (AvgIpc) is 3.07. The van der Waals surface area contributed by atoms with Gasteiger partial charge in [0.2, 0.25) is 0 Å². The molecule has 1 saturated heterocycles. The van der Waals surface area contributed by atoms with E-state index >= 15 is 0 Å². The molecule has 124 valence electrons. The highest BCUT2D eigenvalue weighted by Crippen LogP contribution is 2.29. The van der Waals surface area contributed by atoms with Crippen molar-refractivity contribution in [3.05, 3.63) is 59.9 Å². The molecule has 1 aliphatic rings. The largest absolute Gasteiger partial charge is 0.497 e. The van der Waals surface area contributed by atoms with Crippen LogP contribution in [0, 0.1) is 0 Å². The van der Waals surface area contributed by atoms with E-state index in [2.05, 4.69) is 39.1 Å². The lowest BCUT2D eigenvalue weighted by atomic mass is 9.94. The summed E-state index contributed by atoms with van der Waals surface area (Å²) in [4.78, 5) is 10.5. The Morgan fingerprint density at radius 1 is 1.25 bits per heavy atom. The molecular weight excluding hydrogens is 298 g/mol. The number of rotatable bonds is 4. The number of nitrogens with one attached hydrogen (secondary N) is 1. The third-order valence-corrected chi connectivity index (χ3v) is 4.92. The van der Waals surface area contributed by atoms with Gasteiger partial charge in [-0.15, -0.1) is 0 Å². The van der Waals surface area contributed by atoms with Crippen molar-refractivity contribution in [2.75, 3.05) is 20.2 Å². The summed E-state index contributed by atoms with van der Waals surface area (Å²) in [6.45, 7) is 3.26. The van der Waals surface area contributed by atoms with Crippen LogP contribution in [-0.4, -0.2) is 35.1 Å². The highest BCUT2D eigenvalue weighted by atomic mass is 16.5. The zero-order valence-corrected chi connectivity index (χ0v) is 14.0. The number of nitrogens with zero attached hydrogens (tertiary/aromatic N) is 2. The number of fused-ring (bicyclic) bond motifs is 1. The Hall–Kier alpha value is -2.33. The number of ether oxygens (including phenoxy) is 1. The number of aromatic nitrogens is 2. The van der Waals surface area contributed by atoms with Crippen LogP contribution < -0.4 is 4.74 Å². The molecular formula is C20H23N3O. The zero-order valence-electron chi connectivity index (χ0n) is 14.0. The maximum absolute atomic E-state index is 5.24. The van der Waals surface area contributed by atoms with Crippen molar-refractivity contribution >= 4 is 11.0 Å². The molecule has 0 saturated carbocycles. The van der Waals surface area contributed by atoms with Gasteiger partial charge in [-0.1, -0.05) is 12.1 Å². The molecule has 0 amide bonds. The van der Waals surface area contributed by atoms with Crippen molar-refractivity contribution in [2.24, 2.45) is 0 Å². The topological polar surface area (TPSA) is 41.1 Å². The number of aromatic amines is 1. The first-order valence-electron chi connectivity index (χ1n) is 8.61. The van der Waals surface area contributed by atoms with Crippen LogP contribution in [0.2, 0.25) is 0 Å². The quantitative estimate of drug-likeness (QED) is 0.791. The standard InChI is InChI=1S/C20H23N3O/c1-24-18-8-6-15(7-9-18)13-23-11-3-5-17(14-23)19-12-16-4-2-10-21-20(16)22-19/h2,4,6-10,12,17H,3,5,11,13-14H2,1H3,(H,21,22)/t17-/m1/s1. The summed E-state index contributed by atoms with van der Waals surface area (Å²) in [5, 5.41) is 1.21. The van der Waals surface area contributed by atoms with Gasteiger partial charge < -0.3 is 9.72 Å². The van der Waals surface area contributed by atoms with Crippen molar-refractivity contribution in [1.29, 1.82) is 0 Å². The molecule has 0 aliphatic carbocycles. The number of pyridine rings is 1. The molecule has 1 fully saturated rings. The second-order valence-electron chi connectivity index (χ2n) is 6.59. The van der Waals surface area contributed by atoms with E-state index in [1.54, 1.807) is 7.11 Å². The second kappa shape index (κ2) is 6.65. The molecule has 1 aliphatic heterocycles. The number of piperidine rings is 1. The molecule has 2 aromatic heterocycles. The lowest BCUT2D eigenvalue weighted by Gasteiger charge is -2.32. The van der Waals surface area contributed by atoms with Gasteiger partial charge in [0.15, 0.2) is 0 Å². The Morgan fingerprint density at radius 3 is 2.92 bits per heavy atom. The van der Waals surface area contributed by atoms with Gasteiger partial charge >= 0.3 is 0 Å². The molecule has 3 heterocycles. The summed E-state index contributed by atoms with van der Waals surface area (Å²) in [7, 11) is 1.71. The monoisotopic (exact) mass is 321 g/mol. The normalized spacial score (nSPS) is 18.8. The maximum atomic E-state index is 5.24. The first kappa shape index (κ1) is 15.2. The molecule has 1 aromatic carbocycles. The Balaban J connectivity index is 1.46. The van der Waals surface area contributed by atoms with E-state index in [9.17, 15) is 0 Å². The van der Waals surface area contributed by atoms with E-state index < -0.39 is 0 Å². The van der Waals surface area contributed by atoms with Crippen LogP contribution in [0.15, 0.2) is 48.7 Å². The van der Waals surface area contributed by atoms with E-state index in [1.165, 1.54) is 36.0 Å². The summed E-state index contributed by atoms with van der Waals surface area (Å²) >= 11 is 0. The Bertz CT molecular complexity index is 776. The van der Waals surface area contributed by atoms with Gasteiger partial charge in [0, 0.05) is 36.3 Å². The number of methoxy groups -OCH3 is 1. The van der Waals surface area contributed by atoms with E-state index in [1.807, 2.05) is 24.4 Å². The Kier molecular flexibility index (Phi) is 4.22. The Labute approximate surface area is 142 Å². The second-order valence-corrected chi connectivity index (χ2v) is 6.59. The summed E-state index contributed by atoms with van der Waals surface area (Å²) in [5.41, 5.74) is 3.66. The van der Waals surface area contributed by atoms with Crippen LogP contribution in [0.1, 0.15) is 30.0 Å². The van der Waals surface area contributed by atoms with Crippen LogP contribution in [0.5, 0.6) is 5.75 Å². The molecule has 0 unspecified atom stereocenters. The molecule has 24 heavy (non-hydrogen) atoms. The van der Waals surface area contributed by atoms with Gasteiger partial charge in [-0.3, -0.25) is 4.90 Å². The molecule has 4 heteroatoms. The third kappa shape index (κ3) is 3.15. The minimum absolute atomic E-state index is 0.561. The van der Waals surface area contributed by atoms with Crippen molar-refractivity contribution in [2.45, 2.75) is 25.3 Å². The van der Waals surface area contributed by atoms with Crippen molar-refractivity contribution in [3.63, 3.8) is 0 Å². The lowest BCUT2D eigenvalue weighted by Crippen LogP contribution is -2.34. The van der Waals surface area contributed by atoms with Gasteiger partial charge in [0.25, 0.3) is 0 Å². The van der Waals surface area contributed by atoms with Crippen molar-refractivity contribution in [1.82, 2.24) is 14.9 Å². The molecule has 0 bridgehead atoms. The van der Waals surface area contributed by atoms with Gasteiger partial charge in [-0.2, -0.15) is 0 Å².